The highest BCUT2D eigenvalue weighted by Crippen LogP contribution is 2.39. The molecule has 2 heterocycles. The minimum Gasteiger partial charge on any atom is -0.446 e. The summed E-state index contributed by atoms with van der Waals surface area (Å²) in [6.07, 6.45) is 31.2. The number of fused-ring (bicyclic) bond motifs is 1. The fraction of sp³-hybridized carbons (Fsp3) is 0.694. The van der Waals surface area contributed by atoms with Gasteiger partial charge in [0.05, 0.1) is 19.5 Å². The smallest absolute Gasteiger partial charge is 0.257 e. The van der Waals surface area contributed by atoms with Gasteiger partial charge in [-0.3, -0.25) is 0 Å². The van der Waals surface area contributed by atoms with E-state index < -0.39 is 8.38 Å². The maximum atomic E-state index is 6.17. The Kier molecular flexibility index (Phi) is 20.6. The van der Waals surface area contributed by atoms with Crippen LogP contribution in [0.4, 0.5) is 5.82 Å². The molecule has 0 fully saturated rings. The van der Waals surface area contributed by atoms with Gasteiger partial charge in [-0.2, -0.15) is 0 Å². The summed E-state index contributed by atoms with van der Waals surface area (Å²) < 4.78 is 20.2. The van der Waals surface area contributed by atoms with Crippen molar-refractivity contribution in [2.75, 3.05) is 25.3 Å². The molecule has 45 heavy (non-hydrogen) atoms. The van der Waals surface area contributed by atoms with Gasteiger partial charge in [0.2, 0.25) is 0 Å². The fourth-order valence-corrected chi connectivity index (χ4v) is 6.72. The van der Waals surface area contributed by atoms with E-state index in [0.29, 0.717) is 43.1 Å². The van der Waals surface area contributed by atoms with E-state index in [1.807, 2.05) is 34.9 Å². The summed E-state index contributed by atoms with van der Waals surface area (Å²) in [4.78, 5) is 12.6. The molecule has 0 saturated carbocycles. The van der Waals surface area contributed by atoms with Crippen LogP contribution in [-0.4, -0.2) is 39.1 Å². The molecule has 1 aromatic carbocycles. The summed E-state index contributed by atoms with van der Waals surface area (Å²) in [5.74, 6) is 1.20. The lowest BCUT2D eigenvalue weighted by Gasteiger charge is -2.18. The van der Waals surface area contributed by atoms with Crippen LogP contribution in [0.2, 0.25) is 0 Å². The monoisotopic (exact) mass is 641 g/mol. The Labute approximate surface area is 274 Å². The first-order valence-electron chi connectivity index (χ1n) is 17.9. The topological polar surface area (TPSA) is 97.3 Å². The van der Waals surface area contributed by atoms with Gasteiger partial charge in [-0.05, 0) is 18.6 Å². The highest BCUT2D eigenvalue weighted by molar-refractivity contribution is 7.47. The summed E-state index contributed by atoms with van der Waals surface area (Å²) in [6.45, 7) is 4.10. The van der Waals surface area contributed by atoms with Gasteiger partial charge >= 0.3 is 0 Å². The molecule has 9 heteroatoms. The quantitative estimate of drug-likeness (QED) is 0.0595. The number of para-hydroxylation sites is 1. The van der Waals surface area contributed by atoms with Crippen LogP contribution in [0.1, 0.15) is 135 Å². The summed E-state index contributed by atoms with van der Waals surface area (Å²) in [6, 6.07) is 9.84. The van der Waals surface area contributed by atoms with Crippen molar-refractivity contribution in [3.8, 4) is 5.75 Å². The number of ether oxygens (including phenoxy) is 1. The number of nitrogens with zero attached hydrogens (tertiary/aromatic N) is 4. The highest BCUT2D eigenvalue weighted by Gasteiger charge is 2.14. The van der Waals surface area contributed by atoms with Gasteiger partial charge in [0.1, 0.15) is 23.9 Å². The molecule has 2 N–H and O–H groups in total. The predicted molar refractivity (Wildman–Crippen MR) is 189 cm³/mol. The summed E-state index contributed by atoms with van der Waals surface area (Å²) in [5.41, 5.74) is 7.22. The van der Waals surface area contributed by atoms with Crippen LogP contribution in [0.25, 0.3) is 11.2 Å². The normalized spacial score (nSPS) is 12.2. The van der Waals surface area contributed by atoms with Gasteiger partial charge in [0, 0.05) is 6.54 Å². The number of rotatable bonds is 29. The molecule has 3 rings (SSSR count). The molecule has 0 radical (unpaired) electrons. The molecule has 0 aliphatic rings. The van der Waals surface area contributed by atoms with E-state index in [1.165, 1.54) is 128 Å². The largest absolute Gasteiger partial charge is 0.446 e. The van der Waals surface area contributed by atoms with Gasteiger partial charge < -0.3 is 24.1 Å². The van der Waals surface area contributed by atoms with Crippen molar-refractivity contribution in [2.24, 2.45) is 0 Å². The van der Waals surface area contributed by atoms with Crippen molar-refractivity contribution in [3.05, 3.63) is 43.0 Å². The summed E-state index contributed by atoms with van der Waals surface area (Å²) in [5, 5.41) is 0. The van der Waals surface area contributed by atoms with Crippen LogP contribution in [0.15, 0.2) is 43.0 Å². The molecule has 2 aromatic heterocycles. The van der Waals surface area contributed by atoms with Crippen LogP contribution in [-0.2, 0) is 15.8 Å². The average Bonchev–Trinajstić information content (AvgIpc) is 3.48. The average molecular weight is 642 g/mol. The number of hydrogen-bond donors (Lipinski definition) is 1. The number of imidazole rings is 1. The SMILES string of the molecule is CCCCCCCCCCCCCCCCCCCCCCOP(COCCn1cnc2c(N)ncnc21)Oc1ccccc1. The number of nitrogen functional groups attached to an aromatic ring is 1. The first kappa shape index (κ1) is 37.2. The zero-order valence-electron chi connectivity index (χ0n) is 28.1. The number of nitrogens with two attached hydrogens (primary N) is 1. The molecule has 0 bridgehead atoms. The molecular weight excluding hydrogens is 581 g/mol. The number of anilines is 1. The van der Waals surface area contributed by atoms with Crippen molar-refractivity contribution in [1.82, 2.24) is 19.5 Å². The molecule has 1 unspecified atom stereocenters. The maximum Gasteiger partial charge on any atom is 0.257 e. The molecule has 0 spiro atoms. The van der Waals surface area contributed by atoms with E-state index in [1.54, 1.807) is 6.33 Å². The third kappa shape index (κ3) is 16.7. The lowest BCUT2D eigenvalue weighted by Crippen LogP contribution is -2.08. The number of unbranched alkanes of at least 4 members (excludes halogenated alkanes) is 19. The number of benzene rings is 1. The zero-order valence-corrected chi connectivity index (χ0v) is 28.9. The Balaban J connectivity index is 1.15. The fourth-order valence-electron chi connectivity index (χ4n) is 5.58. The Bertz CT molecular complexity index is 1120. The zero-order chi connectivity index (χ0) is 31.6. The second-order valence-corrected chi connectivity index (χ2v) is 13.6. The Hall–Kier alpha value is -2.28. The second-order valence-electron chi connectivity index (χ2n) is 12.2. The van der Waals surface area contributed by atoms with Crippen molar-refractivity contribution in [2.45, 2.75) is 142 Å². The van der Waals surface area contributed by atoms with Crippen molar-refractivity contribution in [1.29, 1.82) is 0 Å². The van der Waals surface area contributed by atoms with Gasteiger partial charge in [-0.25, -0.2) is 15.0 Å². The summed E-state index contributed by atoms with van der Waals surface area (Å²) >= 11 is 0. The van der Waals surface area contributed by atoms with E-state index in [2.05, 4.69) is 21.9 Å². The van der Waals surface area contributed by atoms with E-state index in [4.69, 9.17) is 19.5 Å². The van der Waals surface area contributed by atoms with Gasteiger partial charge in [-0.1, -0.05) is 147 Å². The predicted octanol–water partition coefficient (Wildman–Crippen LogP) is 10.6. The number of aromatic nitrogens is 4. The third-order valence-electron chi connectivity index (χ3n) is 8.29. The third-order valence-corrected chi connectivity index (χ3v) is 9.56. The molecule has 8 nitrogen and oxygen atoms in total. The Morgan fingerprint density at radius 1 is 0.667 bits per heavy atom. The van der Waals surface area contributed by atoms with Crippen molar-refractivity contribution >= 4 is 25.4 Å². The molecule has 0 saturated heterocycles. The van der Waals surface area contributed by atoms with E-state index in [-0.39, 0.29) is 0 Å². The standard InChI is InChI=1S/C36H60N5O3P/c1-2-3-4-5-6-7-8-9-10-11-12-13-14-15-16-17-18-19-20-24-28-43-45(44-33-25-22-21-23-26-33)32-42-29-27-41-31-40-34-35(37)38-30-39-36(34)41/h21-23,25-26,30-31H,2-20,24,27-29,32H2,1H3,(H2,37,38,39). The first-order valence-corrected chi connectivity index (χ1v) is 19.3. The van der Waals surface area contributed by atoms with Gasteiger partial charge in [-0.15, -0.1) is 0 Å². The van der Waals surface area contributed by atoms with Gasteiger partial charge in [0.15, 0.2) is 11.5 Å². The maximum absolute atomic E-state index is 6.17. The number of hydrogen-bond acceptors (Lipinski definition) is 7. The van der Waals surface area contributed by atoms with E-state index in [9.17, 15) is 0 Å². The molecular formula is C36H60N5O3P. The molecule has 252 valence electrons. The lowest BCUT2D eigenvalue weighted by molar-refractivity contribution is 0.153. The van der Waals surface area contributed by atoms with Crippen LogP contribution < -0.4 is 10.3 Å². The van der Waals surface area contributed by atoms with Crippen molar-refractivity contribution in [3.63, 3.8) is 0 Å². The molecule has 0 amide bonds. The van der Waals surface area contributed by atoms with Crippen LogP contribution in [0.5, 0.6) is 5.75 Å². The van der Waals surface area contributed by atoms with E-state index in [0.717, 1.165) is 12.2 Å². The minimum atomic E-state index is -1.19. The molecule has 0 aliphatic heterocycles. The molecule has 3 aromatic rings. The van der Waals surface area contributed by atoms with E-state index >= 15 is 0 Å². The summed E-state index contributed by atoms with van der Waals surface area (Å²) in [7, 11) is -1.19. The minimum absolute atomic E-state index is 0.387. The second kappa shape index (κ2) is 24.9. The Morgan fingerprint density at radius 3 is 1.80 bits per heavy atom. The molecule has 0 aliphatic carbocycles. The first-order chi connectivity index (χ1) is 22.3. The van der Waals surface area contributed by atoms with Gasteiger partial charge in [0.25, 0.3) is 8.38 Å². The lowest BCUT2D eigenvalue weighted by atomic mass is 10.0. The molecule has 1 atom stereocenters. The van der Waals surface area contributed by atoms with Crippen LogP contribution in [0, 0.1) is 0 Å². The Morgan fingerprint density at radius 2 is 1.22 bits per heavy atom. The highest BCUT2D eigenvalue weighted by atomic mass is 31.2. The van der Waals surface area contributed by atoms with Crippen LogP contribution in [0.3, 0.4) is 0 Å². The van der Waals surface area contributed by atoms with Crippen LogP contribution >= 0.6 is 8.38 Å². The van der Waals surface area contributed by atoms with Crippen molar-refractivity contribution < 1.29 is 13.8 Å².